The van der Waals surface area contributed by atoms with Gasteiger partial charge in [-0.05, 0) is 71.7 Å². The molecule has 8 rings (SSSR count). The van der Waals surface area contributed by atoms with Gasteiger partial charge in [0, 0.05) is 30.9 Å². The summed E-state index contributed by atoms with van der Waals surface area (Å²) in [6.07, 6.45) is 5.67. The third-order valence-electron chi connectivity index (χ3n) is 12.4. The average Bonchev–Trinajstić information content (AvgIpc) is 4.06. The van der Waals surface area contributed by atoms with E-state index in [0.717, 1.165) is 94.5 Å². The number of nitrogens with zero attached hydrogens (tertiary/aromatic N) is 4. The van der Waals surface area contributed by atoms with Gasteiger partial charge in [-0.1, -0.05) is 77.1 Å². The quantitative estimate of drug-likeness (QED) is 0.135. The number of amides is 3. The SMILES string of the molecule is COC(=O)N[C@H](C(=O)N1CCC[C@H]1c1nc2c(ccc3cc(-c4ccc(-c5cnc([C@@H]6C[C@@]7(CCCO7)CN6C(=O)[C@@H](C)C(C)C)[nH]5)cc4)ccc32)[nH]1)C(C)C.S.S.S.S.S. The van der Waals surface area contributed by atoms with E-state index in [9.17, 15) is 14.4 Å². The number of likely N-dealkylation sites (tertiary alicyclic amines) is 2. The highest BCUT2D eigenvalue weighted by molar-refractivity contribution is 7.60. The molecule has 3 aliphatic heterocycles. The minimum absolute atomic E-state index is 0. The maximum atomic E-state index is 13.7. The number of ether oxygens (including phenoxy) is 2. The molecule has 12 nitrogen and oxygen atoms in total. The first-order valence-electron chi connectivity index (χ1n) is 20.1. The third-order valence-corrected chi connectivity index (χ3v) is 12.4. The molecule has 3 aromatic carbocycles. The van der Waals surface area contributed by atoms with Crippen LogP contribution < -0.4 is 5.32 Å². The molecule has 3 saturated heterocycles. The van der Waals surface area contributed by atoms with Crippen LogP contribution in [0.25, 0.3) is 44.2 Å². The predicted octanol–water partition coefficient (Wildman–Crippen LogP) is 8.50. The van der Waals surface area contributed by atoms with Crippen LogP contribution in [0.4, 0.5) is 4.79 Å². The van der Waals surface area contributed by atoms with Crippen LogP contribution in [0.5, 0.6) is 0 Å². The van der Waals surface area contributed by atoms with Gasteiger partial charge in [-0.2, -0.15) is 67.5 Å². The minimum atomic E-state index is -0.685. The highest BCUT2D eigenvalue weighted by atomic mass is 32.1. The summed E-state index contributed by atoms with van der Waals surface area (Å²) in [4.78, 5) is 60.2. The van der Waals surface area contributed by atoms with Gasteiger partial charge in [-0.3, -0.25) is 9.59 Å². The van der Waals surface area contributed by atoms with Crippen molar-refractivity contribution in [2.24, 2.45) is 17.8 Å². The van der Waals surface area contributed by atoms with E-state index >= 15 is 0 Å². The molecule has 2 aromatic heterocycles. The van der Waals surface area contributed by atoms with Crippen LogP contribution in [0, 0.1) is 17.8 Å². The van der Waals surface area contributed by atoms with E-state index in [1.807, 2.05) is 36.8 Å². The maximum absolute atomic E-state index is 13.7. The number of hydrogen-bond acceptors (Lipinski definition) is 7. The monoisotopic (exact) mass is 929 g/mol. The zero-order valence-electron chi connectivity index (χ0n) is 35.7. The van der Waals surface area contributed by atoms with Gasteiger partial charge in [0.2, 0.25) is 11.8 Å². The fraction of sp³-hybridized carbons (Fsp3) is 0.477. The van der Waals surface area contributed by atoms with E-state index in [1.165, 1.54) is 7.11 Å². The number of fused-ring (bicyclic) bond motifs is 3. The number of aromatic amines is 2. The Morgan fingerprint density at radius 1 is 0.820 bits per heavy atom. The molecule has 0 aliphatic carbocycles. The molecule has 3 N–H and O–H groups in total. The largest absolute Gasteiger partial charge is 0.453 e. The molecule has 5 aromatic rings. The number of methoxy groups -OCH3 is 1. The lowest BCUT2D eigenvalue weighted by Gasteiger charge is -2.29. The summed E-state index contributed by atoms with van der Waals surface area (Å²) < 4.78 is 11.0. The van der Waals surface area contributed by atoms with E-state index in [2.05, 4.69) is 83.7 Å². The van der Waals surface area contributed by atoms with Crippen molar-refractivity contribution in [1.29, 1.82) is 0 Å². The number of carbonyl (C=O) groups excluding carboxylic acids is 3. The Kier molecular flexibility index (Phi) is 18.1. The van der Waals surface area contributed by atoms with Crippen molar-refractivity contribution < 1.29 is 23.9 Å². The molecule has 61 heavy (non-hydrogen) atoms. The van der Waals surface area contributed by atoms with E-state index in [0.29, 0.717) is 13.1 Å². The molecule has 3 fully saturated rings. The minimum Gasteiger partial charge on any atom is -0.453 e. The Bertz CT molecular complexity index is 2280. The van der Waals surface area contributed by atoms with E-state index in [1.54, 1.807) is 0 Å². The molecule has 0 saturated carbocycles. The topological polar surface area (TPSA) is 146 Å². The summed E-state index contributed by atoms with van der Waals surface area (Å²) in [5, 5.41) is 4.83. The number of carbonyl (C=O) groups is 3. The van der Waals surface area contributed by atoms with Crippen molar-refractivity contribution in [1.82, 2.24) is 35.1 Å². The van der Waals surface area contributed by atoms with Crippen molar-refractivity contribution in [3.63, 3.8) is 0 Å². The van der Waals surface area contributed by atoms with E-state index in [4.69, 9.17) is 19.4 Å². The van der Waals surface area contributed by atoms with Gasteiger partial charge < -0.3 is 34.6 Å². The van der Waals surface area contributed by atoms with Crippen molar-refractivity contribution in [2.75, 3.05) is 26.8 Å². The Hall–Kier alpha value is -3.48. The number of hydrogen-bond donors (Lipinski definition) is 3. The van der Waals surface area contributed by atoms with Crippen molar-refractivity contribution in [3.8, 4) is 22.4 Å². The summed E-state index contributed by atoms with van der Waals surface area (Å²) >= 11 is 0. The summed E-state index contributed by atoms with van der Waals surface area (Å²) in [6.45, 7) is 12.0. The Labute approximate surface area is 393 Å². The highest BCUT2D eigenvalue weighted by Gasteiger charge is 2.50. The zero-order chi connectivity index (χ0) is 39.3. The lowest BCUT2D eigenvalue weighted by molar-refractivity contribution is -0.138. The van der Waals surface area contributed by atoms with Crippen LogP contribution in [-0.2, 0) is 19.1 Å². The molecule has 3 amide bonds. The summed E-state index contributed by atoms with van der Waals surface area (Å²) in [6, 6.07) is 18.0. The first kappa shape index (κ1) is 51.9. The number of alkyl carbamates (subject to hydrolysis) is 1. The second-order valence-corrected chi connectivity index (χ2v) is 16.7. The highest BCUT2D eigenvalue weighted by Crippen LogP contribution is 2.45. The molecule has 1 spiro atoms. The first-order valence-corrected chi connectivity index (χ1v) is 20.1. The number of H-pyrrole nitrogens is 2. The van der Waals surface area contributed by atoms with Gasteiger partial charge in [0.15, 0.2) is 0 Å². The molecular weight excluding hydrogens is 867 g/mol. The van der Waals surface area contributed by atoms with Crippen LogP contribution in [0.2, 0.25) is 0 Å². The van der Waals surface area contributed by atoms with Gasteiger partial charge in [0.05, 0.1) is 54.3 Å². The second kappa shape index (κ2) is 21.3. The fourth-order valence-corrected chi connectivity index (χ4v) is 8.86. The smallest absolute Gasteiger partial charge is 0.407 e. The van der Waals surface area contributed by atoms with E-state index < -0.39 is 12.1 Å². The molecule has 17 heteroatoms. The van der Waals surface area contributed by atoms with Gasteiger partial charge in [-0.15, -0.1) is 0 Å². The second-order valence-electron chi connectivity index (χ2n) is 16.7. The third kappa shape index (κ3) is 10.2. The lowest BCUT2D eigenvalue weighted by Crippen LogP contribution is -2.51. The number of nitrogens with one attached hydrogen (secondary N) is 3. The Morgan fingerprint density at radius 2 is 1.52 bits per heavy atom. The standard InChI is InChI=1S/C44H53N7O5.5H2S/c1-25(2)27(5)41(52)51-24-44(18-8-20-56-44)22-36(51)39-45-23-34(47-39)29-12-10-28(11-13-29)30-14-16-32-31(21-30)15-17-33-38(32)48-40(46-33)35-9-7-19-50(35)42(53)37(26(3)4)49-43(54)55-6;;;;;/h10-17,21,23,25-27,35-37H,7-9,18-20,22,24H2,1-6H3,(H,45,47)(H,46,48)(H,49,54);5*1H2/t27-,35-,36-,37-,44-;;;;;/m0...../s1. The van der Waals surface area contributed by atoms with Crippen molar-refractivity contribution in [2.45, 2.75) is 90.4 Å². The zero-order valence-corrected chi connectivity index (χ0v) is 40.7. The summed E-state index contributed by atoms with van der Waals surface area (Å²) in [5.74, 6) is 1.69. The lowest BCUT2D eigenvalue weighted by atomic mass is 9.96. The van der Waals surface area contributed by atoms with Crippen LogP contribution in [-0.4, -0.2) is 86.1 Å². The van der Waals surface area contributed by atoms with Gasteiger partial charge in [-0.25, -0.2) is 14.8 Å². The van der Waals surface area contributed by atoms with Crippen molar-refractivity contribution in [3.05, 3.63) is 72.4 Å². The molecule has 334 valence electrons. The van der Waals surface area contributed by atoms with E-state index in [-0.39, 0.29) is 115 Å². The number of rotatable bonds is 9. The molecule has 0 bridgehead atoms. The van der Waals surface area contributed by atoms with Crippen LogP contribution in [0.1, 0.15) is 90.5 Å². The average molecular weight is 930 g/mol. The molecule has 0 unspecified atom stereocenters. The maximum Gasteiger partial charge on any atom is 0.407 e. The number of aromatic nitrogens is 4. The molecule has 5 atom stereocenters. The summed E-state index contributed by atoms with van der Waals surface area (Å²) in [7, 11) is 1.30. The molecule has 5 heterocycles. The molecular formula is C44H63N7O5S5. The van der Waals surface area contributed by atoms with Crippen LogP contribution >= 0.6 is 67.5 Å². The molecule has 0 radical (unpaired) electrons. The van der Waals surface area contributed by atoms with Crippen molar-refractivity contribution >= 4 is 107 Å². The van der Waals surface area contributed by atoms with Crippen LogP contribution in [0.3, 0.4) is 0 Å². The summed E-state index contributed by atoms with van der Waals surface area (Å²) in [5.41, 5.74) is 5.64. The van der Waals surface area contributed by atoms with Gasteiger partial charge >= 0.3 is 6.09 Å². The normalized spacial score (nSPS) is 20.4. The van der Waals surface area contributed by atoms with Gasteiger partial charge in [0.1, 0.15) is 17.7 Å². The van der Waals surface area contributed by atoms with Gasteiger partial charge in [0.25, 0.3) is 0 Å². The predicted molar refractivity (Wildman–Crippen MR) is 267 cm³/mol. The Morgan fingerprint density at radius 3 is 2.18 bits per heavy atom. The number of imidazole rings is 2. The number of benzene rings is 3. The fourth-order valence-electron chi connectivity index (χ4n) is 8.86. The first-order chi connectivity index (χ1) is 26.9. The van der Waals surface area contributed by atoms with Crippen LogP contribution in [0.15, 0.2) is 60.8 Å². The Balaban J connectivity index is 0.00000198. The molecule has 3 aliphatic rings.